The zero-order valence-corrected chi connectivity index (χ0v) is 22.5. The fourth-order valence-electron chi connectivity index (χ4n) is 4.54. The summed E-state index contributed by atoms with van der Waals surface area (Å²) in [5, 5.41) is 6.61. The number of allylic oxidation sites excluding steroid dienone is 2. The van der Waals surface area contributed by atoms with Crippen molar-refractivity contribution < 1.29 is 19.1 Å². The third kappa shape index (κ3) is 8.82. The SMILES string of the molecule is O=C(C[C@@H]1CC=CC[C@H](Cc2ccccc2)C(=O)N[C@H](c2ccccc2)COC1=O)NCc1ccc(Cl)cc1. The summed E-state index contributed by atoms with van der Waals surface area (Å²) in [4.78, 5) is 39.2. The van der Waals surface area contributed by atoms with E-state index in [0.717, 1.165) is 16.7 Å². The molecular weight excluding hydrogens is 512 g/mol. The van der Waals surface area contributed by atoms with Crippen LogP contribution in [0.4, 0.5) is 0 Å². The van der Waals surface area contributed by atoms with Crippen LogP contribution < -0.4 is 10.6 Å². The number of amides is 2. The van der Waals surface area contributed by atoms with Crippen molar-refractivity contribution in [3.05, 3.63) is 119 Å². The highest BCUT2D eigenvalue weighted by Gasteiger charge is 2.27. The van der Waals surface area contributed by atoms with Gasteiger partial charge in [-0.05, 0) is 48.1 Å². The summed E-state index contributed by atoms with van der Waals surface area (Å²) in [6.45, 7) is 0.330. The Morgan fingerprint density at radius 2 is 1.49 bits per heavy atom. The van der Waals surface area contributed by atoms with Gasteiger partial charge < -0.3 is 15.4 Å². The molecule has 0 aromatic heterocycles. The Bertz CT molecular complexity index is 1260. The summed E-state index contributed by atoms with van der Waals surface area (Å²) in [6.07, 6.45) is 5.27. The maximum Gasteiger partial charge on any atom is 0.309 e. The lowest BCUT2D eigenvalue weighted by molar-refractivity contribution is -0.151. The van der Waals surface area contributed by atoms with Crippen LogP contribution >= 0.6 is 11.6 Å². The number of carbonyl (C=O) groups excluding carboxylic acids is 3. The van der Waals surface area contributed by atoms with E-state index in [2.05, 4.69) is 10.6 Å². The van der Waals surface area contributed by atoms with Crippen LogP contribution in [0, 0.1) is 11.8 Å². The summed E-state index contributed by atoms with van der Waals surface area (Å²) in [6, 6.07) is 26.1. The minimum Gasteiger partial charge on any atom is -0.463 e. The van der Waals surface area contributed by atoms with Crippen molar-refractivity contribution in [2.75, 3.05) is 6.61 Å². The van der Waals surface area contributed by atoms with E-state index in [1.807, 2.05) is 84.9 Å². The van der Waals surface area contributed by atoms with Gasteiger partial charge in [0, 0.05) is 23.9 Å². The summed E-state index contributed by atoms with van der Waals surface area (Å²) in [7, 11) is 0. The van der Waals surface area contributed by atoms with E-state index in [9.17, 15) is 14.4 Å². The first-order valence-corrected chi connectivity index (χ1v) is 13.6. The van der Waals surface area contributed by atoms with Crippen LogP contribution in [0.5, 0.6) is 0 Å². The molecule has 0 radical (unpaired) electrons. The number of halogens is 1. The van der Waals surface area contributed by atoms with Gasteiger partial charge in [0.1, 0.15) is 6.61 Å². The Hall–Kier alpha value is -3.90. The lowest BCUT2D eigenvalue weighted by Crippen LogP contribution is -2.38. The molecule has 0 bridgehead atoms. The van der Waals surface area contributed by atoms with Crippen molar-refractivity contribution in [3.8, 4) is 0 Å². The molecule has 4 rings (SSSR count). The molecule has 2 N–H and O–H groups in total. The van der Waals surface area contributed by atoms with Gasteiger partial charge in [0.05, 0.1) is 12.0 Å². The predicted molar refractivity (Wildman–Crippen MR) is 152 cm³/mol. The van der Waals surface area contributed by atoms with Crippen molar-refractivity contribution in [1.29, 1.82) is 0 Å². The molecule has 3 atom stereocenters. The number of cyclic esters (lactones) is 1. The van der Waals surface area contributed by atoms with Gasteiger partial charge in [0.25, 0.3) is 0 Å². The van der Waals surface area contributed by atoms with Crippen molar-refractivity contribution in [1.82, 2.24) is 10.6 Å². The third-order valence-electron chi connectivity index (χ3n) is 6.78. The third-order valence-corrected chi connectivity index (χ3v) is 7.03. The van der Waals surface area contributed by atoms with Gasteiger partial charge in [-0.3, -0.25) is 14.4 Å². The Balaban J connectivity index is 1.48. The number of ether oxygens (including phenoxy) is 1. The van der Waals surface area contributed by atoms with Crippen molar-refractivity contribution >= 4 is 29.4 Å². The molecule has 0 saturated carbocycles. The standard InChI is InChI=1S/C32H33ClN2O4/c33-28-17-15-24(16-18-28)21-34-30(36)20-27-14-8-7-13-26(19-23-9-3-1-4-10-23)31(37)35-29(22-39-32(27)38)25-11-5-2-6-12-25/h1-12,15-18,26-27,29H,13-14,19-22H2,(H,34,36)(H,35,37)/t26-,27+,29+/m1/s1. The largest absolute Gasteiger partial charge is 0.463 e. The molecule has 7 heteroatoms. The number of hydrogen-bond donors (Lipinski definition) is 2. The Kier molecular flexibility index (Phi) is 10.3. The highest BCUT2D eigenvalue weighted by molar-refractivity contribution is 6.30. The molecular formula is C32H33ClN2O4. The van der Waals surface area contributed by atoms with Crippen LogP contribution in [0.15, 0.2) is 97.1 Å². The maximum absolute atomic E-state index is 13.4. The van der Waals surface area contributed by atoms with E-state index in [1.54, 1.807) is 12.1 Å². The number of carbonyl (C=O) groups is 3. The highest BCUT2D eigenvalue weighted by atomic mass is 35.5. The minimum absolute atomic E-state index is 0.00652. The molecule has 0 unspecified atom stereocenters. The Labute approximate surface area is 234 Å². The first-order chi connectivity index (χ1) is 19.0. The zero-order valence-electron chi connectivity index (χ0n) is 21.7. The lowest BCUT2D eigenvalue weighted by atomic mass is 9.93. The minimum atomic E-state index is -0.634. The average Bonchev–Trinajstić information content (AvgIpc) is 2.96. The number of benzene rings is 3. The average molecular weight is 545 g/mol. The molecule has 0 saturated heterocycles. The Morgan fingerprint density at radius 1 is 0.846 bits per heavy atom. The van der Waals surface area contributed by atoms with Crippen LogP contribution in [-0.4, -0.2) is 24.4 Å². The molecule has 0 spiro atoms. The van der Waals surface area contributed by atoms with Gasteiger partial charge in [-0.15, -0.1) is 0 Å². The molecule has 1 aliphatic heterocycles. The first kappa shape index (κ1) is 28.1. The zero-order chi connectivity index (χ0) is 27.5. The van der Waals surface area contributed by atoms with Crippen LogP contribution in [0.2, 0.25) is 5.02 Å². The summed E-state index contributed by atoms with van der Waals surface area (Å²) < 4.78 is 5.69. The normalized spacial score (nSPS) is 20.2. The topological polar surface area (TPSA) is 84.5 Å². The molecule has 1 aliphatic rings. The van der Waals surface area contributed by atoms with Crippen LogP contribution in [-0.2, 0) is 32.1 Å². The monoisotopic (exact) mass is 544 g/mol. The van der Waals surface area contributed by atoms with Gasteiger partial charge in [0.15, 0.2) is 0 Å². The van der Waals surface area contributed by atoms with Crippen molar-refractivity contribution in [3.63, 3.8) is 0 Å². The van der Waals surface area contributed by atoms with Gasteiger partial charge in [0.2, 0.25) is 11.8 Å². The number of esters is 1. The molecule has 202 valence electrons. The van der Waals surface area contributed by atoms with Crippen LogP contribution in [0.3, 0.4) is 0 Å². The first-order valence-electron chi connectivity index (χ1n) is 13.2. The fraction of sp³-hybridized carbons (Fsp3) is 0.281. The van der Waals surface area contributed by atoms with E-state index in [4.69, 9.17) is 16.3 Å². The highest BCUT2D eigenvalue weighted by Crippen LogP contribution is 2.21. The van der Waals surface area contributed by atoms with E-state index >= 15 is 0 Å². The van der Waals surface area contributed by atoms with Gasteiger partial charge >= 0.3 is 5.97 Å². The van der Waals surface area contributed by atoms with Gasteiger partial charge in [-0.25, -0.2) is 0 Å². The molecule has 1 heterocycles. The molecule has 0 fully saturated rings. The number of rotatable bonds is 7. The second kappa shape index (κ2) is 14.3. The molecule has 6 nitrogen and oxygen atoms in total. The van der Waals surface area contributed by atoms with E-state index < -0.39 is 17.9 Å². The van der Waals surface area contributed by atoms with E-state index in [-0.39, 0.29) is 30.8 Å². The second-order valence-electron chi connectivity index (χ2n) is 9.74. The number of nitrogens with one attached hydrogen (secondary N) is 2. The molecule has 39 heavy (non-hydrogen) atoms. The van der Waals surface area contributed by atoms with Gasteiger partial charge in [-0.2, -0.15) is 0 Å². The molecule has 2 amide bonds. The maximum atomic E-state index is 13.4. The summed E-state index contributed by atoms with van der Waals surface area (Å²) in [5.41, 5.74) is 2.85. The van der Waals surface area contributed by atoms with Crippen LogP contribution in [0.1, 0.15) is 42.0 Å². The smallest absolute Gasteiger partial charge is 0.309 e. The van der Waals surface area contributed by atoms with E-state index in [1.165, 1.54) is 0 Å². The molecule has 3 aromatic rings. The number of hydrogen-bond acceptors (Lipinski definition) is 4. The lowest BCUT2D eigenvalue weighted by Gasteiger charge is -2.24. The quantitative estimate of drug-likeness (QED) is 0.301. The van der Waals surface area contributed by atoms with Gasteiger partial charge in [-0.1, -0.05) is 96.5 Å². The molecule has 0 aliphatic carbocycles. The van der Waals surface area contributed by atoms with Crippen molar-refractivity contribution in [2.24, 2.45) is 11.8 Å². The summed E-state index contributed by atoms with van der Waals surface area (Å²) >= 11 is 5.93. The Morgan fingerprint density at radius 3 is 2.18 bits per heavy atom. The molecule has 3 aromatic carbocycles. The summed E-state index contributed by atoms with van der Waals surface area (Å²) in [5.74, 6) is -1.70. The van der Waals surface area contributed by atoms with Crippen LogP contribution in [0.25, 0.3) is 0 Å². The fourth-order valence-corrected chi connectivity index (χ4v) is 4.67. The predicted octanol–water partition coefficient (Wildman–Crippen LogP) is 5.57. The van der Waals surface area contributed by atoms with Crippen molar-refractivity contribution in [2.45, 2.75) is 38.3 Å². The second-order valence-corrected chi connectivity index (χ2v) is 10.2. The van der Waals surface area contributed by atoms with E-state index in [0.29, 0.717) is 30.8 Å².